The fourth-order valence-electron chi connectivity index (χ4n) is 6.06. The molecular formula is C33H37ClN4O4S. The zero-order valence-electron chi connectivity index (χ0n) is 24.1. The first-order valence-corrected chi connectivity index (χ1v) is 16.1. The molecule has 0 saturated carbocycles. The molecule has 2 saturated heterocycles. The number of pyridine rings is 1. The quantitative estimate of drug-likeness (QED) is 0.268. The van der Waals surface area contributed by atoms with Crippen LogP contribution in [-0.2, 0) is 24.4 Å². The summed E-state index contributed by atoms with van der Waals surface area (Å²) in [5.41, 5.74) is 1.72. The summed E-state index contributed by atoms with van der Waals surface area (Å²) in [6, 6.07) is 19.1. The standard InChI is InChI=1S/C33H37ClN4O4S/c34-25-10-8-23(9-11-25)20-35-32(41)28-22-38(14-13-36-15-17-42-18-16-36)33-27(31(28)40)19-26(43-33)21-37-12-4-7-29(37)30(39)24-5-2-1-3-6-24/h1-3,5-6,8-11,19,22,29-30,39H,4,7,12-18,20-21H2,(H,35,41)/t29-,30?/m1/s1. The second-order valence-electron chi connectivity index (χ2n) is 11.3. The molecule has 226 valence electrons. The van der Waals surface area contributed by atoms with Crippen LogP contribution >= 0.6 is 22.9 Å². The molecule has 4 heterocycles. The third kappa shape index (κ3) is 7.03. The molecule has 1 amide bonds. The highest BCUT2D eigenvalue weighted by Crippen LogP contribution is 2.33. The number of ether oxygens (including phenoxy) is 1. The molecule has 0 bridgehead atoms. The highest BCUT2D eigenvalue weighted by molar-refractivity contribution is 7.18. The molecule has 0 aliphatic carbocycles. The number of nitrogens with zero attached hydrogens (tertiary/aromatic N) is 3. The molecule has 10 heteroatoms. The van der Waals surface area contributed by atoms with E-state index in [-0.39, 0.29) is 22.9 Å². The van der Waals surface area contributed by atoms with Crippen LogP contribution in [0.3, 0.4) is 0 Å². The van der Waals surface area contributed by atoms with Gasteiger partial charge in [0.05, 0.1) is 24.7 Å². The molecule has 0 radical (unpaired) electrons. The Kier molecular flexibility index (Phi) is 9.57. The van der Waals surface area contributed by atoms with E-state index >= 15 is 0 Å². The van der Waals surface area contributed by atoms with Crippen molar-refractivity contribution in [3.8, 4) is 0 Å². The minimum atomic E-state index is -0.567. The van der Waals surface area contributed by atoms with E-state index in [4.69, 9.17) is 16.3 Å². The maximum absolute atomic E-state index is 13.7. The van der Waals surface area contributed by atoms with Crippen LogP contribution in [-0.4, -0.2) is 70.8 Å². The van der Waals surface area contributed by atoms with E-state index in [1.165, 1.54) is 0 Å². The zero-order valence-corrected chi connectivity index (χ0v) is 25.7. The summed E-state index contributed by atoms with van der Waals surface area (Å²) in [6.07, 6.45) is 3.10. The molecule has 2 fully saturated rings. The number of fused-ring (bicyclic) bond motifs is 1. The van der Waals surface area contributed by atoms with Crippen molar-refractivity contribution in [2.75, 3.05) is 39.4 Å². The lowest BCUT2D eigenvalue weighted by molar-refractivity contribution is 0.0365. The maximum atomic E-state index is 13.7. The highest BCUT2D eigenvalue weighted by atomic mass is 35.5. The molecule has 0 spiro atoms. The van der Waals surface area contributed by atoms with Crippen LogP contribution in [0.5, 0.6) is 0 Å². The normalized spacial score (nSPS) is 18.7. The molecule has 8 nitrogen and oxygen atoms in total. The van der Waals surface area contributed by atoms with Crippen molar-refractivity contribution in [2.45, 2.75) is 44.6 Å². The molecule has 2 aromatic heterocycles. The Morgan fingerprint density at radius 3 is 2.60 bits per heavy atom. The molecule has 2 aliphatic heterocycles. The van der Waals surface area contributed by atoms with Crippen molar-refractivity contribution in [1.82, 2.24) is 19.7 Å². The summed E-state index contributed by atoms with van der Waals surface area (Å²) in [4.78, 5) is 33.7. The number of carbonyl (C=O) groups is 1. The summed E-state index contributed by atoms with van der Waals surface area (Å²) in [7, 11) is 0. The molecule has 2 atom stereocenters. The molecule has 4 aromatic rings. The topological polar surface area (TPSA) is 87.0 Å². The van der Waals surface area contributed by atoms with Gasteiger partial charge in [0.2, 0.25) is 5.43 Å². The number of halogens is 1. The Hall–Kier alpha value is -3.05. The van der Waals surface area contributed by atoms with Gasteiger partial charge >= 0.3 is 0 Å². The zero-order chi connectivity index (χ0) is 29.8. The number of aromatic nitrogens is 1. The number of hydrogen-bond acceptors (Lipinski definition) is 7. The molecule has 43 heavy (non-hydrogen) atoms. The van der Waals surface area contributed by atoms with Gasteiger partial charge in [0.25, 0.3) is 5.91 Å². The van der Waals surface area contributed by atoms with Gasteiger partial charge < -0.3 is 19.7 Å². The van der Waals surface area contributed by atoms with Gasteiger partial charge in [-0.05, 0) is 48.7 Å². The summed E-state index contributed by atoms with van der Waals surface area (Å²) in [6.45, 7) is 6.47. The van der Waals surface area contributed by atoms with Gasteiger partial charge in [-0.3, -0.25) is 19.4 Å². The molecule has 2 N–H and O–H groups in total. The second kappa shape index (κ2) is 13.7. The number of aliphatic hydroxyl groups is 1. The lowest BCUT2D eigenvalue weighted by Crippen LogP contribution is -2.38. The van der Waals surface area contributed by atoms with E-state index in [0.29, 0.717) is 43.3 Å². The third-order valence-corrected chi connectivity index (χ3v) is 9.86. The summed E-state index contributed by atoms with van der Waals surface area (Å²) >= 11 is 7.61. The largest absolute Gasteiger partial charge is 0.387 e. The summed E-state index contributed by atoms with van der Waals surface area (Å²) in [5.74, 6) is -0.389. The van der Waals surface area contributed by atoms with E-state index in [0.717, 1.165) is 59.9 Å². The first-order chi connectivity index (χ1) is 21.0. The van der Waals surface area contributed by atoms with Gasteiger partial charge in [-0.2, -0.15) is 0 Å². The van der Waals surface area contributed by atoms with Crippen molar-refractivity contribution in [3.63, 3.8) is 0 Å². The average molecular weight is 621 g/mol. The van der Waals surface area contributed by atoms with Crippen LogP contribution in [0.15, 0.2) is 71.7 Å². The number of carbonyl (C=O) groups excluding carboxylic acids is 1. The van der Waals surface area contributed by atoms with Crippen LogP contribution in [0.25, 0.3) is 10.2 Å². The third-order valence-electron chi connectivity index (χ3n) is 8.45. The Morgan fingerprint density at radius 2 is 1.84 bits per heavy atom. The summed E-state index contributed by atoms with van der Waals surface area (Å²) in [5, 5.41) is 15.3. The summed E-state index contributed by atoms with van der Waals surface area (Å²) < 4.78 is 7.58. The van der Waals surface area contributed by atoms with E-state index in [1.54, 1.807) is 29.7 Å². The van der Waals surface area contributed by atoms with Gasteiger partial charge in [-0.1, -0.05) is 54.1 Å². The SMILES string of the molecule is O=C(NCc1ccc(Cl)cc1)c1cn(CCN2CCOCC2)c2sc(CN3CCC[C@@H]3C(O)c3ccccc3)cc2c1=O. The first kappa shape index (κ1) is 30.0. The Labute approximate surface area is 260 Å². The van der Waals surface area contributed by atoms with Crippen LogP contribution < -0.4 is 10.7 Å². The fraction of sp³-hybridized carbons (Fsp3) is 0.394. The predicted octanol–water partition coefficient (Wildman–Crippen LogP) is 4.68. The smallest absolute Gasteiger partial charge is 0.257 e. The van der Waals surface area contributed by atoms with Crippen LogP contribution in [0.4, 0.5) is 0 Å². The monoisotopic (exact) mass is 620 g/mol. The van der Waals surface area contributed by atoms with Crippen molar-refractivity contribution >= 4 is 39.1 Å². The number of amides is 1. The lowest BCUT2D eigenvalue weighted by atomic mass is 10.0. The van der Waals surface area contributed by atoms with Crippen LogP contribution in [0.1, 0.15) is 45.3 Å². The van der Waals surface area contributed by atoms with E-state index in [9.17, 15) is 14.7 Å². The number of likely N-dealkylation sites (tertiary alicyclic amines) is 1. The lowest BCUT2D eigenvalue weighted by Gasteiger charge is -2.28. The van der Waals surface area contributed by atoms with Gasteiger partial charge in [-0.15, -0.1) is 11.3 Å². The van der Waals surface area contributed by atoms with Crippen molar-refractivity contribution in [3.05, 3.63) is 104 Å². The van der Waals surface area contributed by atoms with Gasteiger partial charge in [0, 0.05) is 61.4 Å². The fourth-order valence-corrected chi connectivity index (χ4v) is 7.37. The molecular weight excluding hydrogens is 584 g/mol. The molecule has 6 rings (SSSR count). The van der Waals surface area contributed by atoms with Crippen LogP contribution in [0.2, 0.25) is 5.02 Å². The molecule has 1 unspecified atom stereocenters. The number of rotatable bonds is 10. The maximum Gasteiger partial charge on any atom is 0.257 e. The number of morpholine rings is 1. The average Bonchev–Trinajstić information content (AvgIpc) is 3.69. The number of benzene rings is 2. The molecule has 2 aliphatic rings. The van der Waals surface area contributed by atoms with Gasteiger partial charge in [-0.25, -0.2) is 0 Å². The predicted molar refractivity (Wildman–Crippen MR) is 171 cm³/mol. The van der Waals surface area contributed by atoms with Crippen molar-refractivity contribution in [1.29, 1.82) is 0 Å². The van der Waals surface area contributed by atoms with E-state index < -0.39 is 6.10 Å². The first-order valence-electron chi connectivity index (χ1n) is 14.9. The number of nitrogens with one attached hydrogen (secondary N) is 1. The van der Waals surface area contributed by atoms with Crippen LogP contribution in [0, 0.1) is 0 Å². The van der Waals surface area contributed by atoms with Crippen molar-refractivity contribution in [2.24, 2.45) is 0 Å². The Balaban J connectivity index is 1.26. The minimum Gasteiger partial charge on any atom is -0.387 e. The number of thiophene rings is 1. The number of aliphatic hydroxyl groups excluding tert-OH is 1. The van der Waals surface area contributed by atoms with E-state index in [1.807, 2.05) is 48.5 Å². The highest BCUT2D eigenvalue weighted by Gasteiger charge is 2.32. The Morgan fingerprint density at radius 1 is 1.07 bits per heavy atom. The van der Waals surface area contributed by atoms with Gasteiger partial charge in [0.15, 0.2) is 0 Å². The second-order valence-corrected chi connectivity index (χ2v) is 12.8. The number of hydrogen-bond donors (Lipinski definition) is 2. The minimum absolute atomic E-state index is 0.0157. The van der Waals surface area contributed by atoms with E-state index in [2.05, 4.69) is 19.7 Å². The Bertz CT molecular complexity index is 1600. The molecule has 2 aromatic carbocycles. The van der Waals surface area contributed by atoms with Crippen molar-refractivity contribution < 1.29 is 14.6 Å². The van der Waals surface area contributed by atoms with Gasteiger partial charge in [0.1, 0.15) is 10.4 Å².